The molecule has 1 fully saturated rings. The van der Waals surface area contributed by atoms with Gasteiger partial charge in [-0.15, -0.1) is 0 Å². The van der Waals surface area contributed by atoms with E-state index in [1.807, 2.05) is 11.8 Å². The van der Waals surface area contributed by atoms with Crippen molar-refractivity contribution in [3.8, 4) is 0 Å². The van der Waals surface area contributed by atoms with E-state index in [1.54, 1.807) is 0 Å². The van der Waals surface area contributed by atoms with Crippen molar-refractivity contribution in [2.45, 2.75) is 25.7 Å². The number of amides is 1. The van der Waals surface area contributed by atoms with Crippen LogP contribution in [0.4, 0.5) is 0 Å². The second kappa shape index (κ2) is 10.6. The van der Waals surface area contributed by atoms with Crippen molar-refractivity contribution < 1.29 is 4.79 Å². The zero-order chi connectivity index (χ0) is 13.1. The second-order valence-electron chi connectivity index (χ2n) is 4.78. The number of thioether (sulfide) groups is 1. The first-order valence-electron chi connectivity index (χ1n) is 7.01. The van der Waals surface area contributed by atoms with Crippen molar-refractivity contribution in [3.63, 3.8) is 0 Å². The monoisotopic (exact) mass is 273 g/mol. The van der Waals surface area contributed by atoms with Crippen molar-refractivity contribution in [1.82, 2.24) is 15.5 Å². The topological polar surface area (TPSA) is 44.4 Å². The SMILES string of the molecule is CSCCCCCNC(=O)CN1CCCNCC1. The van der Waals surface area contributed by atoms with E-state index >= 15 is 0 Å². The van der Waals surface area contributed by atoms with Gasteiger partial charge < -0.3 is 10.6 Å². The van der Waals surface area contributed by atoms with Gasteiger partial charge in [0, 0.05) is 19.6 Å². The molecule has 0 aliphatic carbocycles. The van der Waals surface area contributed by atoms with Crippen LogP contribution in [0.25, 0.3) is 0 Å². The highest BCUT2D eigenvalue weighted by molar-refractivity contribution is 7.98. The quantitative estimate of drug-likeness (QED) is 0.646. The van der Waals surface area contributed by atoms with Crippen molar-refractivity contribution in [3.05, 3.63) is 0 Å². The van der Waals surface area contributed by atoms with Gasteiger partial charge in [0.2, 0.25) is 5.91 Å². The van der Waals surface area contributed by atoms with E-state index < -0.39 is 0 Å². The molecule has 1 aliphatic heterocycles. The molecule has 1 saturated heterocycles. The predicted molar refractivity (Wildman–Crippen MR) is 79.2 cm³/mol. The summed E-state index contributed by atoms with van der Waals surface area (Å²) >= 11 is 1.89. The van der Waals surface area contributed by atoms with Crippen molar-refractivity contribution in [1.29, 1.82) is 0 Å². The molecule has 0 radical (unpaired) electrons. The van der Waals surface area contributed by atoms with E-state index in [4.69, 9.17) is 0 Å². The summed E-state index contributed by atoms with van der Waals surface area (Å²) in [6.07, 6.45) is 6.86. The minimum atomic E-state index is 0.182. The van der Waals surface area contributed by atoms with E-state index in [1.165, 1.54) is 18.6 Å². The summed E-state index contributed by atoms with van der Waals surface area (Å²) < 4.78 is 0. The van der Waals surface area contributed by atoms with Gasteiger partial charge >= 0.3 is 0 Å². The third-order valence-corrected chi connectivity index (χ3v) is 3.84. The van der Waals surface area contributed by atoms with Crippen molar-refractivity contribution >= 4 is 17.7 Å². The van der Waals surface area contributed by atoms with Crippen LogP contribution in [0.1, 0.15) is 25.7 Å². The molecule has 106 valence electrons. The predicted octanol–water partition coefficient (Wildman–Crippen LogP) is 0.931. The highest BCUT2D eigenvalue weighted by Crippen LogP contribution is 2.01. The molecule has 1 amide bonds. The molecular weight excluding hydrogens is 246 g/mol. The van der Waals surface area contributed by atoms with Crippen LogP contribution in [-0.4, -0.2) is 62.1 Å². The molecule has 1 rings (SSSR count). The lowest BCUT2D eigenvalue weighted by Gasteiger charge is -2.18. The minimum absolute atomic E-state index is 0.182. The number of carbonyl (C=O) groups excluding carboxylic acids is 1. The zero-order valence-corrected chi connectivity index (χ0v) is 12.4. The fourth-order valence-electron chi connectivity index (χ4n) is 2.09. The second-order valence-corrected chi connectivity index (χ2v) is 5.77. The maximum absolute atomic E-state index is 11.7. The molecule has 0 spiro atoms. The Morgan fingerprint density at radius 3 is 3.00 bits per heavy atom. The number of hydrogen-bond acceptors (Lipinski definition) is 4. The Labute approximate surface area is 115 Å². The Kier molecular flexibility index (Phi) is 9.34. The molecule has 5 heteroatoms. The summed E-state index contributed by atoms with van der Waals surface area (Å²) in [4.78, 5) is 14.0. The van der Waals surface area contributed by atoms with Crippen LogP contribution in [0.15, 0.2) is 0 Å². The van der Waals surface area contributed by atoms with Crippen LogP contribution in [0.3, 0.4) is 0 Å². The molecule has 0 aromatic rings. The largest absolute Gasteiger partial charge is 0.355 e. The third-order valence-electron chi connectivity index (χ3n) is 3.15. The van der Waals surface area contributed by atoms with Gasteiger partial charge in [-0.25, -0.2) is 0 Å². The average Bonchev–Trinajstić information content (AvgIpc) is 2.62. The smallest absolute Gasteiger partial charge is 0.234 e. The van der Waals surface area contributed by atoms with Crippen LogP contribution < -0.4 is 10.6 Å². The molecule has 0 atom stereocenters. The fourth-order valence-corrected chi connectivity index (χ4v) is 2.59. The average molecular weight is 273 g/mol. The van der Waals surface area contributed by atoms with E-state index in [0.717, 1.165) is 45.6 Å². The van der Waals surface area contributed by atoms with Crippen LogP contribution in [0, 0.1) is 0 Å². The van der Waals surface area contributed by atoms with E-state index in [9.17, 15) is 4.79 Å². The molecule has 0 unspecified atom stereocenters. The summed E-state index contributed by atoms with van der Waals surface area (Å²) in [5, 5.41) is 6.37. The van der Waals surface area contributed by atoms with Crippen LogP contribution in [-0.2, 0) is 4.79 Å². The molecule has 0 saturated carbocycles. The molecule has 0 aromatic carbocycles. The van der Waals surface area contributed by atoms with Gasteiger partial charge in [-0.3, -0.25) is 9.69 Å². The van der Waals surface area contributed by atoms with Gasteiger partial charge in [0.25, 0.3) is 0 Å². The summed E-state index contributed by atoms with van der Waals surface area (Å²) in [5.41, 5.74) is 0. The highest BCUT2D eigenvalue weighted by atomic mass is 32.2. The van der Waals surface area contributed by atoms with Gasteiger partial charge in [0.05, 0.1) is 6.54 Å². The lowest BCUT2D eigenvalue weighted by Crippen LogP contribution is -2.39. The zero-order valence-electron chi connectivity index (χ0n) is 11.5. The van der Waals surface area contributed by atoms with E-state index in [2.05, 4.69) is 21.8 Å². The van der Waals surface area contributed by atoms with Gasteiger partial charge in [0.1, 0.15) is 0 Å². The molecule has 0 aromatic heterocycles. The van der Waals surface area contributed by atoms with Crippen molar-refractivity contribution in [2.75, 3.05) is 51.3 Å². The summed E-state index contributed by atoms with van der Waals surface area (Å²) in [5.74, 6) is 1.41. The first-order chi connectivity index (χ1) is 8.83. The first-order valence-corrected chi connectivity index (χ1v) is 8.41. The molecule has 4 nitrogen and oxygen atoms in total. The molecule has 18 heavy (non-hydrogen) atoms. The lowest BCUT2D eigenvalue weighted by molar-refractivity contribution is -0.122. The maximum Gasteiger partial charge on any atom is 0.234 e. The van der Waals surface area contributed by atoms with Gasteiger partial charge in [0.15, 0.2) is 0 Å². The Bertz CT molecular complexity index is 218. The summed E-state index contributed by atoms with van der Waals surface area (Å²) in [6, 6.07) is 0. The third kappa shape index (κ3) is 7.95. The molecule has 2 N–H and O–H groups in total. The normalized spacial score (nSPS) is 17.4. The molecule has 0 bridgehead atoms. The molecule has 1 aliphatic rings. The Morgan fingerprint density at radius 2 is 2.17 bits per heavy atom. The van der Waals surface area contributed by atoms with Crippen LogP contribution in [0.5, 0.6) is 0 Å². The van der Waals surface area contributed by atoms with E-state index in [0.29, 0.717) is 6.54 Å². The minimum Gasteiger partial charge on any atom is -0.355 e. The number of nitrogens with zero attached hydrogens (tertiary/aromatic N) is 1. The van der Waals surface area contributed by atoms with Crippen LogP contribution >= 0.6 is 11.8 Å². The maximum atomic E-state index is 11.7. The number of nitrogens with one attached hydrogen (secondary N) is 2. The fraction of sp³-hybridized carbons (Fsp3) is 0.923. The van der Waals surface area contributed by atoms with Gasteiger partial charge in [-0.05, 0) is 44.4 Å². The van der Waals surface area contributed by atoms with Crippen molar-refractivity contribution in [2.24, 2.45) is 0 Å². The first kappa shape index (κ1) is 15.8. The number of carbonyl (C=O) groups is 1. The molecular formula is C13H27N3OS. The standard InChI is InChI=1S/C13H27N3OS/c1-18-11-4-2-3-7-15-13(17)12-16-9-5-6-14-8-10-16/h14H,2-12H2,1H3,(H,15,17). The highest BCUT2D eigenvalue weighted by Gasteiger charge is 2.11. The molecule has 1 heterocycles. The summed E-state index contributed by atoms with van der Waals surface area (Å²) in [6.45, 7) is 5.50. The number of unbranched alkanes of at least 4 members (excludes halogenated alkanes) is 2. The lowest BCUT2D eigenvalue weighted by atomic mass is 10.2. The Balaban J connectivity index is 1.98. The van der Waals surface area contributed by atoms with Gasteiger partial charge in [-0.1, -0.05) is 6.42 Å². The Hall–Kier alpha value is -0.260. The van der Waals surface area contributed by atoms with E-state index in [-0.39, 0.29) is 5.91 Å². The van der Waals surface area contributed by atoms with Crippen LogP contribution in [0.2, 0.25) is 0 Å². The number of rotatable bonds is 8. The Morgan fingerprint density at radius 1 is 1.28 bits per heavy atom. The number of hydrogen-bond donors (Lipinski definition) is 2. The van der Waals surface area contributed by atoms with Gasteiger partial charge in [-0.2, -0.15) is 11.8 Å². The summed E-state index contributed by atoms with van der Waals surface area (Å²) in [7, 11) is 0.